The van der Waals surface area contributed by atoms with E-state index in [0.717, 1.165) is 14.3 Å². The predicted molar refractivity (Wildman–Crippen MR) is 88.1 cm³/mol. The highest BCUT2D eigenvalue weighted by Crippen LogP contribution is 2.18. The first-order chi connectivity index (χ1) is 9.72. The summed E-state index contributed by atoms with van der Waals surface area (Å²) in [7, 11) is 0. The number of hydrogen-bond acceptors (Lipinski definition) is 2. The third-order valence-corrected chi connectivity index (χ3v) is 3.73. The van der Waals surface area contributed by atoms with Gasteiger partial charge in [-0.3, -0.25) is 0 Å². The molecule has 0 fully saturated rings. The summed E-state index contributed by atoms with van der Waals surface area (Å²) in [5, 5.41) is 2.14. The molecule has 0 spiro atoms. The first-order valence-electron chi connectivity index (χ1n) is 6.19. The first kappa shape index (κ1) is 13.1. The van der Waals surface area contributed by atoms with Crippen molar-refractivity contribution in [2.45, 2.75) is 0 Å². The fraction of sp³-hybridized carbons (Fsp3) is 0. The molecular weight excluding hydrogens is 363 g/mol. The van der Waals surface area contributed by atoms with Crippen LogP contribution >= 0.6 is 22.6 Å². The van der Waals surface area contributed by atoms with Crippen LogP contribution in [0.3, 0.4) is 0 Å². The van der Waals surface area contributed by atoms with E-state index >= 15 is 0 Å². The number of benzene rings is 3. The monoisotopic (exact) mass is 374 g/mol. The smallest absolute Gasteiger partial charge is 0.343 e. The number of hydrogen-bond donors (Lipinski definition) is 0. The summed E-state index contributed by atoms with van der Waals surface area (Å²) in [5.41, 5.74) is 0.558. The van der Waals surface area contributed by atoms with E-state index in [1.165, 1.54) is 0 Å². The molecule has 0 aromatic heterocycles. The lowest BCUT2D eigenvalue weighted by molar-refractivity contribution is 0.0735. The fourth-order valence-electron chi connectivity index (χ4n) is 1.98. The highest BCUT2D eigenvalue weighted by Gasteiger charge is 2.09. The lowest BCUT2D eigenvalue weighted by Gasteiger charge is -2.05. The van der Waals surface area contributed by atoms with Gasteiger partial charge in [0, 0.05) is 3.57 Å². The normalized spacial score (nSPS) is 10.4. The van der Waals surface area contributed by atoms with Crippen molar-refractivity contribution in [1.29, 1.82) is 0 Å². The molecule has 0 aliphatic heterocycles. The standard InChI is InChI=1S/C17H11IO2/c18-15-7-9-16(10-8-15)20-17(19)14-6-5-12-3-1-2-4-13(12)11-14/h1-11H. The van der Waals surface area contributed by atoms with Crippen molar-refractivity contribution < 1.29 is 9.53 Å². The van der Waals surface area contributed by atoms with Gasteiger partial charge in [-0.05, 0) is 69.8 Å². The van der Waals surface area contributed by atoms with Crippen LogP contribution in [0.5, 0.6) is 5.75 Å². The van der Waals surface area contributed by atoms with Crippen LogP contribution in [0.15, 0.2) is 66.7 Å². The molecule has 3 aromatic carbocycles. The van der Waals surface area contributed by atoms with Crippen molar-refractivity contribution >= 4 is 39.3 Å². The van der Waals surface area contributed by atoms with Crippen LogP contribution in [0.4, 0.5) is 0 Å². The number of carbonyl (C=O) groups is 1. The molecular formula is C17H11IO2. The van der Waals surface area contributed by atoms with Gasteiger partial charge >= 0.3 is 5.97 Å². The second kappa shape index (κ2) is 5.63. The summed E-state index contributed by atoms with van der Waals surface area (Å²) in [6, 6.07) is 20.9. The second-order valence-electron chi connectivity index (χ2n) is 4.41. The minimum absolute atomic E-state index is 0.336. The molecule has 3 aromatic rings. The van der Waals surface area contributed by atoms with E-state index in [0.29, 0.717) is 11.3 Å². The highest BCUT2D eigenvalue weighted by atomic mass is 127. The fourth-order valence-corrected chi connectivity index (χ4v) is 2.34. The molecule has 0 unspecified atom stereocenters. The van der Waals surface area contributed by atoms with E-state index in [2.05, 4.69) is 22.6 Å². The Morgan fingerprint density at radius 1 is 0.850 bits per heavy atom. The van der Waals surface area contributed by atoms with Gasteiger partial charge in [-0.2, -0.15) is 0 Å². The molecule has 0 saturated carbocycles. The minimum atomic E-state index is -0.336. The van der Waals surface area contributed by atoms with Crippen molar-refractivity contribution in [3.63, 3.8) is 0 Å². The zero-order valence-electron chi connectivity index (χ0n) is 10.5. The van der Waals surface area contributed by atoms with Gasteiger partial charge in [-0.1, -0.05) is 30.3 Å². The number of esters is 1. The average molecular weight is 374 g/mol. The van der Waals surface area contributed by atoms with Gasteiger partial charge in [0.05, 0.1) is 5.56 Å². The van der Waals surface area contributed by atoms with Gasteiger partial charge in [0.2, 0.25) is 0 Å². The van der Waals surface area contributed by atoms with Crippen LogP contribution < -0.4 is 4.74 Å². The van der Waals surface area contributed by atoms with E-state index < -0.39 is 0 Å². The zero-order chi connectivity index (χ0) is 13.9. The summed E-state index contributed by atoms with van der Waals surface area (Å²) in [5.74, 6) is 0.223. The molecule has 0 heterocycles. The molecule has 0 atom stereocenters. The van der Waals surface area contributed by atoms with Crippen molar-refractivity contribution in [2.24, 2.45) is 0 Å². The second-order valence-corrected chi connectivity index (χ2v) is 5.65. The molecule has 2 nitrogen and oxygen atoms in total. The SMILES string of the molecule is O=C(Oc1ccc(I)cc1)c1ccc2ccccc2c1. The Kier molecular flexibility index (Phi) is 3.69. The van der Waals surface area contributed by atoms with E-state index in [4.69, 9.17) is 4.74 Å². The van der Waals surface area contributed by atoms with Gasteiger partial charge in [0.25, 0.3) is 0 Å². The third kappa shape index (κ3) is 2.82. The Labute approximate surface area is 130 Å². The largest absolute Gasteiger partial charge is 0.423 e. The first-order valence-corrected chi connectivity index (χ1v) is 7.27. The minimum Gasteiger partial charge on any atom is -0.423 e. The number of halogens is 1. The van der Waals surface area contributed by atoms with Crippen LogP contribution in [0.1, 0.15) is 10.4 Å². The quantitative estimate of drug-likeness (QED) is 0.370. The Morgan fingerprint density at radius 2 is 1.55 bits per heavy atom. The van der Waals surface area contributed by atoms with Gasteiger partial charge in [-0.25, -0.2) is 4.79 Å². The van der Waals surface area contributed by atoms with E-state index in [-0.39, 0.29) is 5.97 Å². The van der Waals surface area contributed by atoms with Crippen molar-refractivity contribution in [3.05, 3.63) is 75.9 Å². The Morgan fingerprint density at radius 3 is 2.30 bits per heavy atom. The molecule has 0 radical (unpaired) electrons. The summed E-state index contributed by atoms with van der Waals surface area (Å²) in [6.45, 7) is 0. The van der Waals surface area contributed by atoms with Crippen LogP contribution in [0.25, 0.3) is 10.8 Å². The molecule has 20 heavy (non-hydrogen) atoms. The van der Waals surface area contributed by atoms with Crippen molar-refractivity contribution in [1.82, 2.24) is 0 Å². The topological polar surface area (TPSA) is 26.3 Å². The summed E-state index contributed by atoms with van der Waals surface area (Å²) in [6.07, 6.45) is 0. The van der Waals surface area contributed by atoms with Crippen LogP contribution in [-0.2, 0) is 0 Å². The van der Waals surface area contributed by atoms with Gasteiger partial charge in [0.15, 0.2) is 0 Å². The van der Waals surface area contributed by atoms with E-state index in [9.17, 15) is 4.79 Å². The van der Waals surface area contributed by atoms with Crippen LogP contribution in [0, 0.1) is 3.57 Å². The number of carbonyl (C=O) groups excluding carboxylic acids is 1. The van der Waals surface area contributed by atoms with Crippen molar-refractivity contribution in [3.8, 4) is 5.75 Å². The number of rotatable bonds is 2. The molecule has 0 saturated heterocycles. The maximum atomic E-state index is 12.1. The maximum Gasteiger partial charge on any atom is 0.343 e. The lowest BCUT2D eigenvalue weighted by atomic mass is 10.1. The zero-order valence-corrected chi connectivity index (χ0v) is 12.7. The third-order valence-electron chi connectivity index (χ3n) is 3.01. The Hall–Kier alpha value is -1.88. The van der Waals surface area contributed by atoms with E-state index in [1.807, 2.05) is 48.5 Å². The Bertz CT molecular complexity index is 763. The molecule has 0 bridgehead atoms. The molecule has 0 N–H and O–H groups in total. The number of ether oxygens (including phenoxy) is 1. The molecule has 3 rings (SSSR count). The molecule has 0 amide bonds. The molecule has 98 valence electrons. The van der Waals surface area contributed by atoms with Gasteiger partial charge < -0.3 is 4.74 Å². The predicted octanol–water partition coefficient (Wildman–Crippen LogP) is 4.66. The highest BCUT2D eigenvalue weighted by molar-refractivity contribution is 14.1. The Balaban J connectivity index is 1.86. The van der Waals surface area contributed by atoms with Gasteiger partial charge in [-0.15, -0.1) is 0 Å². The maximum absolute atomic E-state index is 12.1. The van der Waals surface area contributed by atoms with Crippen molar-refractivity contribution in [2.75, 3.05) is 0 Å². The van der Waals surface area contributed by atoms with E-state index in [1.54, 1.807) is 18.2 Å². The molecule has 0 aliphatic rings. The molecule has 0 aliphatic carbocycles. The van der Waals surface area contributed by atoms with Gasteiger partial charge in [0.1, 0.15) is 5.75 Å². The molecule has 3 heteroatoms. The lowest BCUT2D eigenvalue weighted by Crippen LogP contribution is -2.08. The van der Waals surface area contributed by atoms with Crippen LogP contribution in [0.2, 0.25) is 0 Å². The van der Waals surface area contributed by atoms with Crippen LogP contribution in [-0.4, -0.2) is 5.97 Å². The summed E-state index contributed by atoms with van der Waals surface area (Å²) >= 11 is 2.21. The average Bonchev–Trinajstić information content (AvgIpc) is 2.49. The number of fused-ring (bicyclic) bond motifs is 1. The summed E-state index contributed by atoms with van der Waals surface area (Å²) < 4.78 is 6.47. The summed E-state index contributed by atoms with van der Waals surface area (Å²) in [4.78, 5) is 12.1.